The predicted molar refractivity (Wildman–Crippen MR) is 102 cm³/mol. The highest BCUT2D eigenvalue weighted by Crippen LogP contribution is 2.35. The molecule has 2 N–H and O–H groups in total. The molecule has 2 aromatic rings. The lowest BCUT2D eigenvalue weighted by molar-refractivity contribution is -0.115. The molecule has 0 aromatic heterocycles. The Hall–Kier alpha value is -2.40. The van der Waals surface area contributed by atoms with Gasteiger partial charge in [0, 0.05) is 30.8 Å². The van der Waals surface area contributed by atoms with Crippen LogP contribution in [0.3, 0.4) is 0 Å². The number of carbonyl (C=O) groups excluding carboxylic acids is 1. The van der Waals surface area contributed by atoms with E-state index in [1.807, 2.05) is 24.3 Å². The van der Waals surface area contributed by atoms with Crippen molar-refractivity contribution in [2.45, 2.75) is 19.8 Å². The Kier molecular flexibility index (Phi) is 6.95. The molecule has 6 heteroatoms. The summed E-state index contributed by atoms with van der Waals surface area (Å²) in [7, 11) is 3.12. The average molecular weight is 363 g/mol. The van der Waals surface area contributed by atoms with E-state index >= 15 is 0 Å². The highest BCUT2D eigenvalue weighted by atomic mass is 35.5. The second-order valence-electron chi connectivity index (χ2n) is 5.46. The maximum Gasteiger partial charge on any atom is 0.226 e. The molecule has 0 aliphatic rings. The second-order valence-corrected chi connectivity index (χ2v) is 5.87. The van der Waals surface area contributed by atoms with E-state index in [0.29, 0.717) is 29.5 Å². The van der Waals surface area contributed by atoms with Crippen LogP contribution in [0, 0.1) is 0 Å². The van der Waals surface area contributed by atoms with Gasteiger partial charge >= 0.3 is 0 Å². The lowest BCUT2D eigenvalue weighted by Crippen LogP contribution is -2.16. The molecule has 134 valence electrons. The Labute approximate surface area is 153 Å². The highest BCUT2D eigenvalue weighted by molar-refractivity contribution is 6.32. The van der Waals surface area contributed by atoms with Crippen LogP contribution in [0.2, 0.25) is 5.02 Å². The van der Waals surface area contributed by atoms with Crippen molar-refractivity contribution in [3.8, 4) is 11.5 Å². The van der Waals surface area contributed by atoms with Crippen LogP contribution in [0.4, 0.5) is 11.4 Å². The molecule has 2 rings (SSSR count). The van der Waals surface area contributed by atoms with Crippen LogP contribution in [0.25, 0.3) is 0 Å². The average Bonchev–Trinajstić information content (AvgIpc) is 2.63. The Morgan fingerprint density at radius 2 is 1.76 bits per heavy atom. The van der Waals surface area contributed by atoms with E-state index in [1.165, 1.54) is 5.56 Å². The molecule has 0 fully saturated rings. The molecule has 25 heavy (non-hydrogen) atoms. The number of anilines is 2. The zero-order valence-electron chi connectivity index (χ0n) is 14.7. The summed E-state index contributed by atoms with van der Waals surface area (Å²) in [5.74, 6) is 1.09. The largest absolute Gasteiger partial charge is 0.495 e. The number of carbonyl (C=O) groups is 1. The van der Waals surface area contributed by atoms with E-state index in [1.54, 1.807) is 26.4 Å². The number of rotatable bonds is 8. The van der Waals surface area contributed by atoms with Gasteiger partial charge in [-0.15, -0.1) is 0 Å². The number of benzene rings is 2. The number of methoxy groups -OCH3 is 2. The zero-order valence-corrected chi connectivity index (χ0v) is 15.4. The number of nitrogens with one attached hydrogen (secondary N) is 2. The molecule has 0 bridgehead atoms. The third-order valence-corrected chi connectivity index (χ3v) is 4.08. The minimum absolute atomic E-state index is 0.0587. The molecule has 5 nitrogen and oxygen atoms in total. The molecule has 2 aromatic carbocycles. The third kappa shape index (κ3) is 5.29. The second kappa shape index (κ2) is 9.18. The fourth-order valence-electron chi connectivity index (χ4n) is 2.36. The molecule has 0 radical (unpaired) electrons. The fourth-order valence-corrected chi connectivity index (χ4v) is 2.59. The number of ether oxygens (including phenoxy) is 2. The number of hydrogen-bond acceptors (Lipinski definition) is 4. The van der Waals surface area contributed by atoms with E-state index in [-0.39, 0.29) is 5.91 Å². The van der Waals surface area contributed by atoms with Crippen LogP contribution in [-0.2, 0) is 11.2 Å². The fraction of sp³-hybridized carbons (Fsp3) is 0.316. The predicted octanol–water partition coefficient (Wildman–Crippen LogP) is 4.36. The summed E-state index contributed by atoms with van der Waals surface area (Å²) in [4.78, 5) is 12.1. The zero-order chi connectivity index (χ0) is 18.2. The van der Waals surface area contributed by atoms with Gasteiger partial charge in [-0.25, -0.2) is 0 Å². The van der Waals surface area contributed by atoms with Crippen molar-refractivity contribution in [1.82, 2.24) is 0 Å². The van der Waals surface area contributed by atoms with Crippen LogP contribution in [0.15, 0.2) is 36.4 Å². The van der Waals surface area contributed by atoms with E-state index in [2.05, 4.69) is 17.6 Å². The monoisotopic (exact) mass is 362 g/mol. The molecule has 0 saturated heterocycles. The summed E-state index contributed by atoms with van der Waals surface area (Å²) in [6.07, 6.45) is 1.30. The summed E-state index contributed by atoms with van der Waals surface area (Å²) in [6, 6.07) is 11.3. The first-order chi connectivity index (χ1) is 12.1. The first kappa shape index (κ1) is 18.9. The number of hydrogen-bond donors (Lipinski definition) is 2. The van der Waals surface area contributed by atoms with E-state index in [9.17, 15) is 4.79 Å². The lowest BCUT2D eigenvalue weighted by Gasteiger charge is -2.14. The Morgan fingerprint density at radius 1 is 1.08 bits per heavy atom. The molecule has 0 aliphatic carbocycles. The minimum Gasteiger partial charge on any atom is -0.495 e. The molecule has 0 unspecified atom stereocenters. The van der Waals surface area contributed by atoms with Gasteiger partial charge in [0.05, 0.1) is 24.9 Å². The normalized spacial score (nSPS) is 10.2. The van der Waals surface area contributed by atoms with Crippen molar-refractivity contribution < 1.29 is 14.3 Å². The van der Waals surface area contributed by atoms with Gasteiger partial charge in [0.2, 0.25) is 5.91 Å². The topological polar surface area (TPSA) is 59.6 Å². The van der Waals surface area contributed by atoms with Crippen molar-refractivity contribution in [1.29, 1.82) is 0 Å². The lowest BCUT2D eigenvalue weighted by atomic mass is 10.1. The van der Waals surface area contributed by atoms with Gasteiger partial charge in [-0.2, -0.15) is 0 Å². The molecule has 0 spiro atoms. The van der Waals surface area contributed by atoms with Crippen LogP contribution in [-0.4, -0.2) is 26.7 Å². The molecule has 1 amide bonds. The summed E-state index contributed by atoms with van der Waals surface area (Å²) in [6.45, 7) is 2.55. The third-order valence-electron chi connectivity index (χ3n) is 3.79. The van der Waals surface area contributed by atoms with Gasteiger partial charge in [0.1, 0.15) is 11.5 Å². The molecule has 0 saturated carbocycles. The Morgan fingerprint density at radius 3 is 2.36 bits per heavy atom. The van der Waals surface area contributed by atoms with Crippen molar-refractivity contribution in [3.05, 3.63) is 47.0 Å². The quantitative estimate of drug-likeness (QED) is 0.732. The van der Waals surface area contributed by atoms with Crippen molar-refractivity contribution in [2.24, 2.45) is 0 Å². The van der Waals surface area contributed by atoms with Gasteiger partial charge < -0.3 is 20.1 Å². The van der Waals surface area contributed by atoms with Crippen molar-refractivity contribution in [3.63, 3.8) is 0 Å². The summed E-state index contributed by atoms with van der Waals surface area (Å²) < 4.78 is 10.5. The summed E-state index contributed by atoms with van der Waals surface area (Å²) in [5.41, 5.74) is 2.76. The molecule has 0 atom stereocenters. The maximum absolute atomic E-state index is 12.1. The van der Waals surface area contributed by atoms with Crippen LogP contribution >= 0.6 is 11.6 Å². The molecule has 0 heterocycles. The number of aryl methyl sites for hydroxylation is 1. The number of halogens is 1. The molecule has 0 aliphatic heterocycles. The van der Waals surface area contributed by atoms with Crippen LogP contribution < -0.4 is 20.1 Å². The summed E-state index contributed by atoms with van der Waals surface area (Å²) >= 11 is 6.08. The summed E-state index contributed by atoms with van der Waals surface area (Å²) in [5, 5.41) is 6.53. The standard InChI is InChI=1S/C19H23ClN2O3/c1-4-13-5-7-14(8-6-13)22-19(23)9-10-21-16-12-17(24-2)15(20)11-18(16)25-3/h5-8,11-12,21H,4,9-10H2,1-3H3,(H,22,23). The van der Waals surface area contributed by atoms with Gasteiger partial charge in [0.25, 0.3) is 0 Å². The number of amides is 1. The molecular formula is C19H23ClN2O3. The van der Waals surface area contributed by atoms with E-state index < -0.39 is 0 Å². The maximum atomic E-state index is 12.1. The SMILES string of the molecule is CCc1ccc(NC(=O)CCNc2cc(OC)c(Cl)cc2OC)cc1. The van der Waals surface area contributed by atoms with Crippen molar-refractivity contribution >= 4 is 28.9 Å². The first-order valence-electron chi connectivity index (χ1n) is 8.11. The van der Waals surface area contributed by atoms with Gasteiger partial charge in [-0.1, -0.05) is 30.7 Å². The van der Waals surface area contributed by atoms with Crippen LogP contribution in [0.1, 0.15) is 18.9 Å². The van der Waals surface area contributed by atoms with Gasteiger partial charge in [-0.05, 0) is 24.1 Å². The molecular weight excluding hydrogens is 340 g/mol. The Bertz CT molecular complexity index is 717. The minimum atomic E-state index is -0.0587. The van der Waals surface area contributed by atoms with E-state index in [0.717, 1.165) is 17.8 Å². The van der Waals surface area contributed by atoms with Gasteiger partial charge in [-0.3, -0.25) is 4.79 Å². The van der Waals surface area contributed by atoms with Crippen molar-refractivity contribution in [2.75, 3.05) is 31.4 Å². The van der Waals surface area contributed by atoms with E-state index in [4.69, 9.17) is 21.1 Å². The highest BCUT2D eigenvalue weighted by Gasteiger charge is 2.10. The first-order valence-corrected chi connectivity index (χ1v) is 8.49. The smallest absolute Gasteiger partial charge is 0.226 e. The Balaban J connectivity index is 1.90. The van der Waals surface area contributed by atoms with Gasteiger partial charge in [0.15, 0.2) is 0 Å². The van der Waals surface area contributed by atoms with Crippen LogP contribution in [0.5, 0.6) is 11.5 Å².